The minimum atomic E-state index is 0.210. The number of imidazole rings is 1. The molecule has 5 heteroatoms. The molecule has 0 atom stereocenters. The second-order valence-corrected chi connectivity index (χ2v) is 5.19. The minimum Gasteiger partial charge on any atom is -0.395 e. The molecule has 1 N–H and O–H groups in total. The van der Waals surface area contributed by atoms with Gasteiger partial charge in [0, 0.05) is 37.7 Å². The molecule has 0 unspecified atom stereocenters. The number of fused-ring (bicyclic) bond motifs is 1. The molecular formula is C14H20N4O. The molecule has 1 aliphatic carbocycles. The lowest BCUT2D eigenvalue weighted by molar-refractivity contribution is 0.143. The van der Waals surface area contributed by atoms with Gasteiger partial charge >= 0.3 is 0 Å². The van der Waals surface area contributed by atoms with Gasteiger partial charge < -0.3 is 5.11 Å². The van der Waals surface area contributed by atoms with Crippen LogP contribution in [0.25, 0.3) is 5.78 Å². The summed E-state index contributed by atoms with van der Waals surface area (Å²) < 4.78 is 1.95. The summed E-state index contributed by atoms with van der Waals surface area (Å²) in [6.07, 6.45) is 10.8. The third kappa shape index (κ3) is 2.77. The summed E-state index contributed by atoms with van der Waals surface area (Å²) in [6, 6.07) is 2.51. The summed E-state index contributed by atoms with van der Waals surface area (Å²) in [5.74, 6) is 0.743. The highest BCUT2D eigenvalue weighted by Crippen LogP contribution is 2.24. The summed E-state index contributed by atoms with van der Waals surface area (Å²) in [4.78, 5) is 11.1. The molecule has 102 valence electrons. The maximum Gasteiger partial charge on any atom is 0.233 e. The third-order valence-corrected chi connectivity index (χ3v) is 3.88. The summed E-state index contributed by atoms with van der Waals surface area (Å²) in [5.41, 5.74) is 1.03. The van der Waals surface area contributed by atoms with Crippen LogP contribution in [0.15, 0.2) is 24.7 Å². The van der Waals surface area contributed by atoms with E-state index in [1.165, 1.54) is 25.7 Å². The minimum absolute atomic E-state index is 0.210. The molecule has 0 saturated heterocycles. The van der Waals surface area contributed by atoms with E-state index in [2.05, 4.69) is 14.9 Å². The molecule has 0 spiro atoms. The first-order valence-corrected chi connectivity index (χ1v) is 7.00. The summed E-state index contributed by atoms with van der Waals surface area (Å²) >= 11 is 0. The lowest BCUT2D eigenvalue weighted by Crippen LogP contribution is -2.35. The number of aromatic nitrogens is 3. The molecule has 1 fully saturated rings. The Hall–Kier alpha value is -1.46. The van der Waals surface area contributed by atoms with Gasteiger partial charge in [0.25, 0.3) is 0 Å². The van der Waals surface area contributed by atoms with Gasteiger partial charge in [-0.05, 0) is 18.9 Å². The van der Waals surface area contributed by atoms with E-state index in [1.54, 1.807) is 6.20 Å². The van der Waals surface area contributed by atoms with Crippen LogP contribution in [0.2, 0.25) is 0 Å². The van der Waals surface area contributed by atoms with E-state index in [0.717, 1.165) is 24.6 Å². The molecule has 0 amide bonds. The van der Waals surface area contributed by atoms with Crippen LogP contribution in [0.3, 0.4) is 0 Å². The first kappa shape index (κ1) is 12.6. The Bertz CT molecular complexity index is 500. The molecule has 1 saturated carbocycles. The maximum atomic E-state index is 9.24. The summed E-state index contributed by atoms with van der Waals surface area (Å²) in [5, 5.41) is 9.24. The van der Waals surface area contributed by atoms with Gasteiger partial charge in [-0.2, -0.15) is 0 Å². The third-order valence-electron chi connectivity index (χ3n) is 3.88. The average Bonchev–Trinajstić information content (AvgIpc) is 3.07. The molecular weight excluding hydrogens is 240 g/mol. The number of aliphatic hydroxyl groups excluding tert-OH is 1. The first-order chi connectivity index (χ1) is 9.36. The molecule has 1 aliphatic rings. The predicted molar refractivity (Wildman–Crippen MR) is 72.7 cm³/mol. The lowest BCUT2D eigenvalue weighted by atomic mass is 10.2. The van der Waals surface area contributed by atoms with Crippen molar-refractivity contribution in [2.45, 2.75) is 38.3 Å². The van der Waals surface area contributed by atoms with Crippen molar-refractivity contribution in [2.24, 2.45) is 0 Å². The van der Waals surface area contributed by atoms with Gasteiger partial charge in [0.1, 0.15) is 0 Å². The zero-order valence-electron chi connectivity index (χ0n) is 11.1. The van der Waals surface area contributed by atoms with E-state index in [4.69, 9.17) is 0 Å². The van der Waals surface area contributed by atoms with Crippen molar-refractivity contribution >= 4 is 5.78 Å². The van der Waals surface area contributed by atoms with Gasteiger partial charge in [0.05, 0.1) is 12.3 Å². The second-order valence-electron chi connectivity index (χ2n) is 5.19. The Morgan fingerprint density at radius 2 is 2.21 bits per heavy atom. The monoisotopic (exact) mass is 260 g/mol. The Balaban J connectivity index is 1.76. The van der Waals surface area contributed by atoms with Gasteiger partial charge in [0.2, 0.25) is 5.78 Å². The van der Waals surface area contributed by atoms with E-state index in [-0.39, 0.29) is 6.61 Å². The van der Waals surface area contributed by atoms with Crippen molar-refractivity contribution in [3.8, 4) is 0 Å². The first-order valence-electron chi connectivity index (χ1n) is 7.00. The van der Waals surface area contributed by atoms with Gasteiger partial charge in [-0.15, -0.1) is 0 Å². The molecule has 0 bridgehead atoms. The quantitative estimate of drug-likeness (QED) is 0.884. The van der Waals surface area contributed by atoms with E-state index in [1.807, 2.05) is 22.9 Å². The molecule has 0 aliphatic heterocycles. The summed E-state index contributed by atoms with van der Waals surface area (Å²) in [7, 11) is 0. The van der Waals surface area contributed by atoms with E-state index >= 15 is 0 Å². The fourth-order valence-corrected chi connectivity index (χ4v) is 2.95. The Morgan fingerprint density at radius 1 is 1.37 bits per heavy atom. The number of hydrogen-bond acceptors (Lipinski definition) is 4. The second kappa shape index (κ2) is 5.67. The largest absolute Gasteiger partial charge is 0.395 e. The highest BCUT2D eigenvalue weighted by molar-refractivity contribution is 5.29. The van der Waals surface area contributed by atoms with Crippen molar-refractivity contribution in [3.05, 3.63) is 30.4 Å². The van der Waals surface area contributed by atoms with Crippen molar-refractivity contribution in [1.82, 2.24) is 19.3 Å². The van der Waals surface area contributed by atoms with Crippen LogP contribution in [0, 0.1) is 0 Å². The molecule has 2 aromatic rings. The zero-order valence-corrected chi connectivity index (χ0v) is 11.1. The lowest BCUT2D eigenvalue weighted by Gasteiger charge is -2.27. The normalized spacial score (nSPS) is 16.7. The SMILES string of the molecule is OCCN(Cc1cn2cccnc2n1)C1CCCC1. The van der Waals surface area contributed by atoms with E-state index in [0.29, 0.717) is 6.04 Å². The molecule has 5 nitrogen and oxygen atoms in total. The predicted octanol–water partition coefficient (Wildman–Crippen LogP) is 1.47. The van der Waals surface area contributed by atoms with Crippen LogP contribution < -0.4 is 0 Å². The number of rotatable bonds is 5. The molecule has 2 heterocycles. The van der Waals surface area contributed by atoms with Crippen molar-refractivity contribution < 1.29 is 5.11 Å². The molecule has 19 heavy (non-hydrogen) atoms. The maximum absolute atomic E-state index is 9.24. The Labute approximate surface area is 112 Å². The van der Waals surface area contributed by atoms with Crippen molar-refractivity contribution in [2.75, 3.05) is 13.2 Å². The van der Waals surface area contributed by atoms with Gasteiger partial charge in [0.15, 0.2) is 0 Å². The van der Waals surface area contributed by atoms with Crippen LogP contribution >= 0.6 is 0 Å². The number of aliphatic hydroxyl groups is 1. The summed E-state index contributed by atoms with van der Waals surface area (Å²) in [6.45, 7) is 1.74. The van der Waals surface area contributed by atoms with Crippen molar-refractivity contribution in [1.29, 1.82) is 0 Å². The van der Waals surface area contributed by atoms with Gasteiger partial charge in [-0.25, -0.2) is 9.97 Å². The van der Waals surface area contributed by atoms with E-state index < -0.39 is 0 Å². The van der Waals surface area contributed by atoms with Crippen LogP contribution in [-0.4, -0.2) is 43.6 Å². The number of hydrogen-bond donors (Lipinski definition) is 1. The van der Waals surface area contributed by atoms with E-state index in [9.17, 15) is 5.11 Å². The standard InChI is InChI=1S/C14H20N4O/c19-9-8-17(13-4-1-2-5-13)10-12-11-18-7-3-6-15-14(18)16-12/h3,6-7,11,13,19H,1-2,4-5,8-10H2. The molecule has 3 rings (SSSR count). The topological polar surface area (TPSA) is 53.7 Å². The highest BCUT2D eigenvalue weighted by atomic mass is 16.3. The van der Waals surface area contributed by atoms with Crippen molar-refractivity contribution in [3.63, 3.8) is 0 Å². The van der Waals surface area contributed by atoms with Crippen LogP contribution in [0.4, 0.5) is 0 Å². The highest BCUT2D eigenvalue weighted by Gasteiger charge is 2.22. The fourth-order valence-electron chi connectivity index (χ4n) is 2.95. The van der Waals surface area contributed by atoms with Gasteiger partial charge in [-0.3, -0.25) is 9.30 Å². The molecule has 2 aromatic heterocycles. The zero-order chi connectivity index (χ0) is 13.1. The molecule has 0 radical (unpaired) electrons. The van der Waals surface area contributed by atoms with Crippen LogP contribution in [-0.2, 0) is 6.54 Å². The number of nitrogens with zero attached hydrogens (tertiary/aromatic N) is 4. The average molecular weight is 260 g/mol. The van der Waals surface area contributed by atoms with Gasteiger partial charge in [-0.1, -0.05) is 12.8 Å². The molecule has 0 aromatic carbocycles. The Kier molecular flexibility index (Phi) is 3.75. The smallest absolute Gasteiger partial charge is 0.233 e. The van der Waals surface area contributed by atoms with Crippen LogP contribution in [0.1, 0.15) is 31.4 Å². The Morgan fingerprint density at radius 3 is 2.95 bits per heavy atom. The van der Waals surface area contributed by atoms with Crippen LogP contribution in [0.5, 0.6) is 0 Å². The fraction of sp³-hybridized carbons (Fsp3) is 0.571.